The second-order valence-corrected chi connectivity index (χ2v) is 4.47. The van der Waals surface area contributed by atoms with Gasteiger partial charge in [-0.05, 0) is 36.8 Å². The van der Waals surface area contributed by atoms with Gasteiger partial charge in [0.15, 0.2) is 0 Å². The fourth-order valence-corrected chi connectivity index (χ4v) is 1.98. The van der Waals surface area contributed by atoms with Crippen LogP contribution in [0, 0.1) is 0 Å². The van der Waals surface area contributed by atoms with Gasteiger partial charge < -0.3 is 9.84 Å². The summed E-state index contributed by atoms with van der Waals surface area (Å²) in [5, 5.41) is 8.71. The van der Waals surface area contributed by atoms with Gasteiger partial charge >= 0.3 is 5.97 Å². The summed E-state index contributed by atoms with van der Waals surface area (Å²) >= 11 is 0. The quantitative estimate of drug-likeness (QED) is 0.827. The maximum absolute atomic E-state index is 10.6. The molecule has 0 aliphatic carbocycles. The second-order valence-electron chi connectivity index (χ2n) is 4.47. The highest BCUT2D eigenvalue weighted by atomic mass is 16.5. The van der Waals surface area contributed by atoms with Crippen LogP contribution in [0.25, 0.3) is 6.08 Å². The van der Waals surface area contributed by atoms with Gasteiger partial charge in [0.1, 0.15) is 5.75 Å². The van der Waals surface area contributed by atoms with Gasteiger partial charge in [0.25, 0.3) is 0 Å². The van der Waals surface area contributed by atoms with Gasteiger partial charge in [-0.25, -0.2) is 4.79 Å². The van der Waals surface area contributed by atoms with Crippen LogP contribution in [0.3, 0.4) is 0 Å². The summed E-state index contributed by atoms with van der Waals surface area (Å²) in [7, 11) is 0. The molecule has 0 bridgehead atoms. The molecule has 0 fully saturated rings. The summed E-state index contributed by atoms with van der Waals surface area (Å²) in [4.78, 5) is 14.9. The first kappa shape index (κ1) is 14.8. The molecule has 0 aliphatic rings. The molecule has 0 atom stereocenters. The standard InChI is InChI=1S/C17H17NO3/c1-2-21-16-12-13(11-15-5-3-4-10-18-15)6-7-14(16)8-9-17(19)20/h3-10,12H,2,11H2,1H3,(H,19,20). The number of carboxylic acid groups (broad SMARTS) is 1. The Kier molecular flexibility index (Phi) is 5.10. The van der Waals surface area contributed by atoms with E-state index in [0.717, 1.165) is 22.9 Å². The van der Waals surface area contributed by atoms with Crippen molar-refractivity contribution in [1.82, 2.24) is 4.98 Å². The molecule has 2 rings (SSSR count). The second kappa shape index (κ2) is 7.24. The van der Waals surface area contributed by atoms with Gasteiger partial charge in [0, 0.05) is 30.0 Å². The van der Waals surface area contributed by atoms with Crippen LogP contribution < -0.4 is 4.74 Å². The summed E-state index contributed by atoms with van der Waals surface area (Å²) < 4.78 is 5.58. The minimum atomic E-state index is -0.977. The Labute approximate surface area is 123 Å². The van der Waals surface area contributed by atoms with E-state index in [4.69, 9.17) is 9.84 Å². The number of rotatable bonds is 6. The van der Waals surface area contributed by atoms with Crippen molar-refractivity contribution in [2.45, 2.75) is 13.3 Å². The number of benzene rings is 1. The van der Waals surface area contributed by atoms with Crippen molar-refractivity contribution in [3.05, 3.63) is 65.5 Å². The van der Waals surface area contributed by atoms with Gasteiger partial charge in [0.2, 0.25) is 0 Å². The number of hydrogen-bond acceptors (Lipinski definition) is 3. The van der Waals surface area contributed by atoms with Crippen molar-refractivity contribution in [3.63, 3.8) is 0 Å². The van der Waals surface area contributed by atoms with Gasteiger partial charge in [-0.1, -0.05) is 18.2 Å². The van der Waals surface area contributed by atoms with Crippen molar-refractivity contribution in [2.24, 2.45) is 0 Å². The smallest absolute Gasteiger partial charge is 0.328 e. The van der Waals surface area contributed by atoms with Crippen LogP contribution in [-0.4, -0.2) is 22.7 Å². The van der Waals surface area contributed by atoms with Gasteiger partial charge in [0.05, 0.1) is 6.61 Å². The van der Waals surface area contributed by atoms with E-state index in [1.807, 2.05) is 43.3 Å². The van der Waals surface area contributed by atoms with E-state index in [2.05, 4.69) is 4.98 Å². The first-order valence-corrected chi connectivity index (χ1v) is 6.75. The molecule has 21 heavy (non-hydrogen) atoms. The van der Waals surface area contributed by atoms with Gasteiger partial charge in [-0.2, -0.15) is 0 Å². The summed E-state index contributed by atoms with van der Waals surface area (Å²) in [5.74, 6) is -0.293. The zero-order valence-corrected chi connectivity index (χ0v) is 11.8. The van der Waals surface area contributed by atoms with Crippen LogP contribution in [-0.2, 0) is 11.2 Å². The zero-order chi connectivity index (χ0) is 15.1. The minimum absolute atomic E-state index is 0.529. The average molecular weight is 283 g/mol. The third kappa shape index (κ3) is 4.45. The molecule has 0 saturated heterocycles. The Morgan fingerprint density at radius 2 is 2.19 bits per heavy atom. The van der Waals surface area contributed by atoms with Crippen molar-refractivity contribution in [2.75, 3.05) is 6.61 Å². The lowest BCUT2D eigenvalue weighted by molar-refractivity contribution is -0.131. The first-order valence-electron chi connectivity index (χ1n) is 6.75. The zero-order valence-electron chi connectivity index (χ0n) is 11.8. The molecule has 0 unspecified atom stereocenters. The molecule has 4 nitrogen and oxygen atoms in total. The van der Waals surface area contributed by atoms with Crippen molar-refractivity contribution >= 4 is 12.0 Å². The van der Waals surface area contributed by atoms with Crippen LogP contribution in [0.1, 0.15) is 23.7 Å². The number of aromatic nitrogens is 1. The topological polar surface area (TPSA) is 59.4 Å². The summed E-state index contributed by atoms with van der Waals surface area (Å²) in [6, 6.07) is 11.6. The Balaban J connectivity index is 2.25. The Bertz CT molecular complexity index is 636. The fourth-order valence-electron chi connectivity index (χ4n) is 1.98. The molecule has 1 heterocycles. The molecule has 0 radical (unpaired) electrons. The van der Waals surface area contributed by atoms with Gasteiger partial charge in [-0.15, -0.1) is 0 Å². The molecule has 1 aromatic carbocycles. The fraction of sp³-hybridized carbons (Fsp3) is 0.176. The average Bonchev–Trinajstić information content (AvgIpc) is 2.48. The third-order valence-corrected chi connectivity index (χ3v) is 2.89. The van der Waals surface area contributed by atoms with E-state index in [1.165, 1.54) is 6.08 Å². The monoisotopic (exact) mass is 283 g/mol. The lowest BCUT2D eigenvalue weighted by Crippen LogP contribution is -1.97. The van der Waals surface area contributed by atoms with Crippen LogP contribution in [0.4, 0.5) is 0 Å². The minimum Gasteiger partial charge on any atom is -0.493 e. The molecule has 0 spiro atoms. The van der Waals surface area contributed by atoms with E-state index >= 15 is 0 Å². The highest BCUT2D eigenvalue weighted by Gasteiger charge is 2.05. The number of carboxylic acids is 1. The molecule has 0 aliphatic heterocycles. The molecular formula is C17H17NO3. The lowest BCUT2D eigenvalue weighted by atomic mass is 10.1. The van der Waals surface area contributed by atoms with Crippen molar-refractivity contribution in [3.8, 4) is 5.75 Å². The highest BCUT2D eigenvalue weighted by molar-refractivity contribution is 5.85. The lowest BCUT2D eigenvalue weighted by Gasteiger charge is -2.10. The molecule has 0 saturated carbocycles. The first-order chi connectivity index (χ1) is 10.2. The molecule has 0 amide bonds. The van der Waals surface area contributed by atoms with Crippen LogP contribution in [0.15, 0.2) is 48.7 Å². The van der Waals surface area contributed by atoms with E-state index in [-0.39, 0.29) is 0 Å². The van der Waals surface area contributed by atoms with E-state index in [1.54, 1.807) is 6.20 Å². The molecule has 108 valence electrons. The molecule has 1 N–H and O–H groups in total. The normalized spacial score (nSPS) is 10.7. The number of pyridine rings is 1. The Hall–Kier alpha value is -2.62. The molecule has 2 aromatic rings. The highest BCUT2D eigenvalue weighted by Crippen LogP contribution is 2.23. The van der Waals surface area contributed by atoms with Crippen LogP contribution in [0.5, 0.6) is 5.75 Å². The van der Waals surface area contributed by atoms with Crippen LogP contribution in [0.2, 0.25) is 0 Å². The number of nitrogens with zero attached hydrogens (tertiary/aromatic N) is 1. The largest absolute Gasteiger partial charge is 0.493 e. The molecular weight excluding hydrogens is 266 g/mol. The Morgan fingerprint density at radius 1 is 1.33 bits per heavy atom. The SMILES string of the molecule is CCOc1cc(Cc2ccccn2)ccc1C=CC(=O)O. The Morgan fingerprint density at radius 3 is 2.86 bits per heavy atom. The maximum Gasteiger partial charge on any atom is 0.328 e. The third-order valence-electron chi connectivity index (χ3n) is 2.89. The number of ether oxygens (including phenoxy) is 1. The number of hydrogen-bond donors (Lipinski definition) is 1. The summed E-state index contributed by atoms with van der Waals surface area (Å²) in [6.45, 7) is 2.43. The molecule has 4 heteroatoms. The summed E-state index contributed by atoms with van der Waals surface area (Å²) in [5.41, 5.74) is 2.81. The van der Waals surface area contributed by atoms with Crippen LogP contribution >= 0.6 is 0 Å². The number of aliphatic carboxylic acids is 1. The maximum atomic E-state index is 10.6. The summed E-state index contributed by atoms with van der Waals surface area (Å²) in [6.07, 6.45) is 5.13. The van der Waals surface area contributed by atoms with Gasteiger partial charge in [-0.3, -0.25) is 4.98 Å². The predicted octanol–water partition coefficient (Wildman–Crippen LogP) is 3.17. The van der Waals surface area contributed by atoms with Crippen molar-refractivity contribution in [1.29, 1.82) is 0 Å². The van der Waals surface area contributed by atoms with E-state index in [9.17, 15) is 4.79 Å². The van der Waals surface area contributed by atoms with E-state index in [0.29, 0.717) is 18.8 Å². The van der Waals surface area contributed by atoms with Crippen molar-refractivity contribution < 1.29 is 14.6 Å². The van der Waals surface area contributed by atoms with E-state index < -0.39 is 5.97 Å². The predicted molar refractivity (Wildman–Crippen MR) is 81.3 cm³/mol. The molecule has 1 aromatic heterocycles. The number of carbonyl (C=O) groups is 1.